The van der Waals surface area contributed by atoms with Gasteiger partial charge in [-0.15, -0.1) is 0 Å². The molecule has 1 saturated heterocycles. The second-order valence-corrected chi connectivity index (χ2v) is 8.13. The van der Waals surface area contributed by atoms with Gasteiger partial charge in [-0.2, -0.15) is 10.4 Å². The van der Waals surface area contributed by atoms with Gasteiger partial charge in [0.1, 0.15) is 6.61 Å². The maximum atomic E-state index is 11.7. The molecule has 33 heavy (non-hydrogen) atoms. The fourth-order valence-electron chi connectivity index (χ4n) is 4.24. The molecule has 3 heterocycles. The number of carbonyl (C=O) groups is 1. The molecule has 1 saturated carbocycles. The van der Waals surface area contributed by atoms with E-state index < -0.39 is 5.54 Å². The van der Waals surface area contributed by atoms with Crippen molar-refractivity contribution in [3.8, 4) is 17.3 Å². The Morgan fingerprint density at radius 2 is 2.12 bits per heavy atom. The number of nitrogens with zero attached hydrogens (tertiary/aromatic N) is 7. The molecule has 1 amide bonds. The molecular formula is C23H20N8O2. The van der Waals surface area contributed by atoms with E-state index in [1.807, 2.05) is 35.1 Å². The number of nitriles is 1. The monoisotopic (exact) mass is 440 g/mol. The number of cyclic esters (lactones) is 1. The molecule has 5 rings (SSSR count). The molecule has 1 N–H and O–H groups in total. The van der Waals surface area contributed by atoms with Crippen LogP contribution in [0.4, 0.5) is 22.1 Å². The zero-order valence-electron chi connectivity index (χ0n) is 17.7. The fourth-order valence-corrected chi connectivity index (χ4v) is 4.24. The van der Waals surface area contributed by atoms with Crippen molar-refractivity contribution in [2.75, 3.05) is 23.4 Å². The summed E-state index contributed by atoms with van der Waals surface area (Å²) in [5, 5.41) is 16.9. The Morgan fingerprint density at radius 3 is 2.82 bits per heavy atom. The number of amides is 1. The third-order valence-electron chi connectivity index (χ3n) is 6.04. The molecule has 1 aromatic carbocycles. The topological polar surface area (TPSA) is 113 Å². The van der Waals surface area contributed by atoms with Gasteiger partial charge in [0.05, 0.1) is 36.5 Å². The van der Waals surface area contributed by atoms with Crippen molar-refractivity contribution in [1.82, 2.24) is 19.7 Å². The minimum Gasteiger partial charge on any atom is -0.447 e. The fraction of sp³-hybridized carbons (Fsp3) is 0.304. The summed E-state index contributed by atoms with van der Waals surface area (Å²) < 4.78 is 6.78. The number of anilines is 3. The van der Waals surface area contributed by atoms with Gasteiger partial charge in [0.15, 0.2) is 0 Å². The van der Waals surface area contributed by atoms with Crippen molar-refractivity contribution in [1.29, 1.82) is 5.26 Å². The van der Waals surface area contributed by atoms with Crippen molar-refractivity contribution in [2.45, 2.75) is 30.8 Å². The Labute approximate surface area is 190 Å². The Hall–Kier alpha value is -4.44. The van der Waals surface area contributed by atoms with Crippen LogP contribution >= 0.6 is 0 Å². The number of hydrogen-bond acceptors (Lipinski definition) is 7. The van der Waals surface area contributed by atoms with E-state index in [2.05, 4.69) is 31.3 Å². The number of rotatable bonds is 6. The first-order valence-electron chi connectivity index (χ1n) is 10.5. The Bertz CT molecular complexity index is 1260. The number of ether oxygens (including phenoxy) is 1. The summed E-state index contributed by atoms with van der Waals surface area (Å²) in [4.78, 5) is 25.8. The summed E-state index contributed by atoms with van der Waals surface area (Å²) >= 11 is 0. The lowest BCUT2D eigenvalue weighted by atomic mass is 9.71. The van der Waals surface area contributed by atoms with Crippen LogP contribution in [0.3, 0.4) is 0 Å². The van der Waals surface area contributed by atoms with E-state index in [9.17, 15) is 10.1 Å². The lowest BCUT2D eigenvalue weighted by molar-refractivity contribution is 0.120. The van der Waals surface area contributed by atoms with Gasteiger partial charge >= 0.3 is 6.09 Å². The molecule has 2 aromatic heterocycles. The number of aromatic nitrogens is 4. The average Bonchev–Trinajstić information content (AvgIpc) is 3.46. The van der Waals surface area contributed by atoms with E-state index in [0.717, 1.165) is 16.9 Å². The molecule has 0 radical (unpaired) electrons. The van der Waals surface area contributed by atoms with Crippen LogP contribution in [0.25, 0.3) is 16.1 Å². The van der Waals surface area contributed by atoms with Crippen LogP contribution in [-0.4, -0.2) is 45.0 Å². The van der Waals surface area contributed by atoms with Crippen molar-refractivity contribution in [3.63, 3.8) is 0 Å². The van der Waals surface area contributed by atoms with Crippen molar-refractivity contribution >= 4 is 23.4 Å². The SMILES string of the molecule is [C-]#[N+]C1CC(CC#N)(n2cc(-c3ccnc(Nc4ccc(N5CCOC5=O)cc4)n3)cn2)C1. The van der Waals surface area contributed by atoms with Crippen LogP contribution in [0.5, 0.6) is 0 Å². The smallest absolute Gasteiger partial charge is 0.414 e. The highest BCUT2D eigenvalue weighted by atomic mass is 16.6. The molecular weight excluding hydrogens is 420 g/mol. The Morgan fingerprint density at radius 1 is 1.30 bits per heavy atom. The lowest BCUT2D eigenvalue weighted by Crippen LogP contribution is -2.48. The first-order chi connectivity index (χ1) is 16.1. The van der Waals surface area contributed by atoms with Crippen LogP contribution < -0.4 is 10.2 Å². The minimum absolute atomic E-state index is 0.0524. The van der Waals surface area contributed by atoms with E-state index in [4.69, 9.17) is 11.3 Å². The zero-order valence-corrected chi connectivity index (χ0v) is 17.7. The highest BCUT2D eigenvalue weighted by Crippen LogP contribution is 2.44. The van der Waals surface area contributed by atoms with Crippen LogP contribution in [0.1, 0.15) is 19.3 Å². The van der Waals surface area contributed by atoms with Crippen LogP contribution in [0.15, 0.2) is 48.9 Å². The number of hydrogen-bond donors (Lipinski definition) is 1. The predicted molar refractivity (Wildman–Crippen MR) is 119 cm³/mol. The quantitative estimate of drug-likeness (QED) is 0.581. The maximum Gasteiger partial charge on any atom is 0.414 e. The predicted octanol–water partition coefficient (Wildman–Crippen LogP) is 3.73. The molecule has 0 bridgehead atoms. The van der Waals surface area contributed by atoms with Crippen LogP contribution in [0, 0.1) is 17.9 Å². The number of benzene rings is 1. The summed E-state index contributed by atoms with van der Waals surface area (Å²) in [5.74, 6) is 0.428. The second kappa shape index (κ2) is 8.24. The molecule has 164 valence electrons. The van der Waals surface area contributed by atoms with Gasteiger partial charge in [0.25, 0.3) is 0 Å². The minimum atomic E-state index is -0.417. The molecule has 0 unspecified atom stereocenters. The summed E-state index contributed by atoms with van der Waals surface area (Å²) in [6.45, 7) is 8.15. The van der Waals surface area contributed by atoms with Crippen LogP contribution in [-0.2, 0) is 10.3 Å². The molecule has 0 atom stereocenters. The maximum absolute atomic E-state index is 11.7. The molecule has 10 heteroatoms. The number of nitrogens with one attached hydrogen (secondary N) is 1. The summed E-state index contributed by atoms with van der Waals surface area (Å²) in [6, 6.07) is 11.4. The molecule has 10 nitrogen and oxygen atoms in total. The second-order valence-electron chi connectivity index (χ2n) is 8.13. The summed E-state index contributed by atoms with van der Waals surface area (Å²) in [7, 11) is 0. The molecule has 1 aliphatic heterocycles. The van der Waals surface area contributed by atoms with Crippen molar-refractivity contribution < 1.29 is 9.53 Å². The van der Waals surface area contributed by atoms with E-state index in [0.29, 0.717) is 44.1 Å². The zero-order chi connectivity index (χ0) is 22.8. The third kappa shape index (κ3) is 3.83. The van der Waals surface area contributed by atoms with E-state index in [-0.39, 0.29) is 12.1 Å². The van der Waals surface area contributed by atoms with Gasteiger partial charge in [-0.3, -0.25) is 9.58 Å². The largest absolute Gasteiger partial charge is 0.447 e. The molecule has 2 aliphatic rings. The Kier molecular flexibility index (Phi) is 5.11. The number of carbonyl (C=O) groups excluding carboxylic acids is 1. The molecule has 3 aromatic rings. The van der Waals surface area contributed by atoms with Gasteiger partial charge in [0, 0.05) is 42.2 Å². The van der Waals surface area contributed by atoms with Crippen molar-refractivity contribution in [3.05, 3.63) is 60.3 Å². The lowest BCUT2D eigenvalue weighted by Gasteiger charge is -2.40. The molecule has 1 aliphatic carbocycles. The highest BCUT2D eigenvalue weighted by Gasteiger charge is 2.50. The van der Waals surface area contributed by atoms with Gasteiger partial charge < -0.3 is 14.9 Å². The average molecular weight is 440 g/mol. The first kappa shape index (κ1) is 20.5. The summed E-state index contributed by atoms with van der Waals surface area (Å²) in [6.07, 6.45) is 6.52. The Balaban J connectivity index is 1.32. The third-order valence-corrected chi connectivity index (χ3v) is 6.04. The van der Waals surface area contributed by atoms with Gasteiger partial charge in [-0.1, -0.05) is 0 Å². The first-order valence-corrected chi connectivity index (χ1v) is 10.5. The van der Waals surface area contributed by atoms with E-state index >= 15 is 0 Å². The van der Waals surface area contributed by atoms with E-state index in [1.54, 1.807) is 23.4 Å². The van der Waals surface area contributed by atoms with Crippen LogP contribution in [0.2, 0.25) is 0 Å². The normalized spacial score (nSPS) is 21.6. The summed E-state index contributed by atoms with van der Waals surface area (Å²) in [5.41, 5.74) is 2.65. The molecule has 2 fully saturated rings. The molecule has 0 spiro atoms. The standard InChI is InChI=1S/C23H20N8O2/c1-25-18-12-23(13-18,7-8-24)31-15-16(14-27-31)20-6-9-26-21(29-20)28-17-2-4-19(5-3-17)30-10-11-33-22(30)32/h2-6,9,14-15,18H,7,10-13H2,(H,26,28,29). The highest BCUT2D eigenvalue weighted by molar-refractivity contribution is 5.89. The van der Waals surface area contributed by atoms with Gasteiger partial charge in [-0.05, 0) is 30.3 Å². The van der Waals surface area contributed by atoms with Gasteiger partial charge in [-0.25, -0.2) is 21.3 Å². The van der Waals surface area contributed by atoms with E-state index in [1.165, 1.54) is 0 Å². The van der Waals surface area contributed by atoms with Crippen molar-refractivity contribution in [2.24, 2.45) is 0 Å². The van der Waals surface area contributed by atoms with Gasteiger partial charge in [0.2, 0.25) is 12.0 Å².